The number of hydrogen-bond acceptors (Lipinski definition) is 3. The zero-order chi connectivity index (χ0) is 19.9. The molecule has 2 aromatic rings. The maximum absolute atomic E-state index is 13.7. The first kappa shape index (κ1) is 19.4. The maximum Gasteiger partial charge on any atom is 0.441 e. The molecule has 2 aromatic carbocycles. The average molecular weight is 384 g/mol. The number of non-ortho nitro benzene ring substituents is 1. The van der Waals surface area contributed by atoms with Gasteiger partial charge >= 0.3 is 18.0 Å². The molecule has 0 bridgehead atoms. The van der Waals surface area contributed by atoms with Gasteiger partial charge in [-0.15, -0.1) is 0 Å². The molecule has 0 heterocycles. The van der Waals surface area contributed by atoms with E-state index >= 15 is 0 Å². The van der Waals surface area contributed by atoms with Gasteiger partial charge < -0.3 is 5.32 Å². The number of carbonyl (C=O) groups excluding carboxylic acids is 1. The van der Waals surface area contributed by atoms with Crippen LogP contribution in [0.1, 0.15) is 0 Å². The molecule has 0 atom stereocenters. The lowest BCUT2D eigenvalue weighted by molar-refractivity contribution is -0.383. The number of carbonyl (C=O) groups is 1. The van der Waals surface area contributed by atoms with Crippen molar-refractivity contribution in [3.8, 4) is 0 Å². The van der Waals surface area contributed by atoms with E-state index in [4.69, 9.17) is 0 Å². The fourth-order valence-corrected chi connectivity index (χ4v) is 2.18. The lowest BCUT2D eigenvalue weighted by Gasteiger charge is -2.28. The standard InChI is InChI=1S/C14H7F7N2O3/c15-12(13(16,17)18,14(19,20)21)11(24)22-9-5-6-10(23(25)26)8-4-2-1-3-7(8)9/h1-6H,(H,22,24). The number of nitrogens with one attached hydrogen (secondary N) is 1. The molecule has 0 saturated heterocycles. The van der Waals surface area contributed by atoms with Crippen molar-refractivity contribution < 1.29 is 40.5 Å². The van der Waals surface area contributed by atoms with Crippen LogP contribution in [0.2, 0.25) is 0 Å². The van der Waals surface area contributed by atoms with E-state index in [-0.39, 0.29) is 10.8 Å². The molecule has 0 aliphatic rings. The molecule has 0 aliphatic heterocycles. The predicted octanol–water partition coefficient (Wildman–Crippen LogP) is 4.52. The first-order valence-corrected chi connectivity index (χ1v) is 6.60. The van der Waals surface area contributed by atoms with Gasteiger partial charge in [-0.25, -0.2) is 4.39 Å². The summed E-state index contributed by atoms with van der Waals surface area (Å²) in [6, 6.07) is 6.35. The number of hydrogen-bond donors (Lipinski definition) is 1. The topological polar surface area (TPSA) is 72.2 Å². The SMILES string of the molecule is O=C(Nc1ccc([N+](=O)[O-])c2ccccc12)C(F)(C(F)(F)F)C(F)(F)F. The summed E-state index contributed by atoms with van der Waals surface area (Å²) in [6.07, 6.45) is -13.1. The van der Waals surface area contributed by atoms with Gasteiger partial charge in [0, 0.05) is 17.1 Å². The minimum absolute atomic E-state index is 0.168. The summed E-state index contributed by atoms with van der Waals surface area (Å²) in [4.78, 5) is 21.6. The van der Waals surface area contributed by atoms with Crippen molar-refractivity contribution in [3.05, 3.63) is 46.5 Å². The molecule has 0 fully saturated rings. The fraction of sp³-hybridized carbons (Fsp3) is 0.214. The molecule has 2 rings (SSSR count). The molecule has 12 heteroatoms. The molecule has 5 nitrogen and oxygen atoms in total. The highest BCUT2D eigenvalue weighted by Crippen LogP contribution is 2.47. The van der Waals surface area contributed by atoms with E-state index in [2.05, 4.69) is 0 Å². The van der Waals surface area contributed by atoms with Crippen LogP contribution in [0.25, 0.3) is 10.8 Å². The minimum Gasteiger partial charge on any atom is -0.322 e. The first-order valence-electron chi connectivity index (χ1n) is 6.60. The third-order valence-corrected chi connectivity index (χ3v) is 3.44. The quantitative estimate of drug-likeness (QED) is 0.481. The van der Waals surface area contributed by atoms with E-state index in [1.165, 1.54) is 23.5 Å². The zero-order valence-electron chi connectivity index (χ0n) is 12.3. The van der Waals surface area contributed by atoms with E-state index in [0.717, 1.165) is 12.1 Å². The van der Waals surface area contributed by atoms with Crippen LogP contribution < -0.4 is 5.32 Å². The Bertz CT molecular complexity index is 863. The molecule has 0 radical (unpaired) electrons. The Balaban J connectivity index is 2.57. The third kappa shape index (κ3) is 3.02. The summed E-state index contributed by atoms with van der Waals surface area (Å²) in [5.74, 6) is -3.00. The average Bonchev–Trinajstić information content (AvgIpc) is 2.51. The van der Waals surface area contributed by atoms with Crippen molar-refractivity contribution in [2.45, 2.75) is 18.0 Å². The highest BCUT2D eigenvalue weighted by atomic mass is 19.4. The molecule has 1 amide bonds. The lowest BCUT2D eigenvalue weighted by atomic mass is 10.0. The van der Waals surface area contributed by atoms with E-state index in [1.54, 1.807) is 0 Å². The van der Waals surface area contributed by atoms with Crippen molar-refractivity contribution >= 4 is 28.1 Å². The van der Waals surface area contributed by atoms with Crippen LogP contribution in [0.5, 0.6) is 0 Å². The number of amides is 1. The molecule has 0 unspecified atom stereocenters. The van der Waals surface area contributed by atoms with Crippen LogP contribution >= 0.6 is 0 Å². The van der Waals surface area contributed by atoms with Gasteiger partial charge in [-0.05, 0) is 12.1 Å². The number of nitro benzene ring substituents is 1. The van der Waals surface area contributed by atoms with Crippen molar-refractivity contribution in [1.82, 2.24) is 0 Å². The number of benzene rings is 2. The molecule has 26 heavy (non-hydrogen) atoms. The summed E-state index contributed by atoms with van der Waals surface area (Å²) < 4.78 is 89.3. The van der Waals surface area contributed by atoms with Crippen molar-refractivity contribution in [3.63, 3.8) is 0 Å². The number of anilines is 1. The molecule has 140 valence electrons. The van der Waals surface area contributed by atoms with Crippen LogP contribution in [0.4, 0.5) is 42.1 Å². The molecular formula is C14H7F7N2O3. The Kier molecular flexibility index (Phi) is 4.56. The second-order valence-corrected chi connectivity index (χ2v) is 5.04. The monoisotopic (exact) mass is 384 g/mol. The Morgan fingerprint density at radius 3 is 1.85 bits per heavy atom. The molecule has 0 aromatic heterocycles. The Labute approximate surface area is 139 Å². The molecular weight excluding hydrogens is 377 g/mol. The summed E-state index contributed by atoms with van der Waals surface area (Å²) in [5.41, 5.74) is -7.30. The van der Waals surface area contributed by atoms with Gasteiger partial charge in [0.05, 0.1) is 10.3 Å². The summed E-state index contributed by atoms with van der Waals surface area (Å²) in [6.45, 7) is 0. The number of halogens is 7. The van der Waals surface area contributed by atoms with E-state index in [9.17, 15) is 45.6 Å². The zero-order valence-corrected chi connectivity index (χ0v) is 12.3. The third-order valence-electron chi connectivity index (χ3n) is 3.44. The van der Waals surface area contributed by atoms with Gasteiger partial charge in [0.25, 0.3) is 11.6 Å². The maximum atomic E-state index is 13.7. The largest absolute Gasteiger partial charge is 0.441 e. The van der Waals surface area contributed by atoms with Crippen LogP contribution in [-0.4, -0.2) is 28.9 Å². The van der Waals surface area contributed by atoms with Crippen molar-refractivity contribution in [1.29, 1.82) is 0 Å². The van der Waals surface area contributed by atoms with Crippen LogP contribution in [0, 0.1) is 10.1 Å². The van der Waals surface area contributed by atoms with E-state index in [0.29, 0.717) is 6.07 Å². The number of alkyl halides is 7. The fourth-order valence-electron chi connectivity index (χ4n) is 2.18. The first-order chi connectivity index (χ1) is 11.8. The molecule has 0 aliphatic carbocycles. The van der Waals surface area contributed by atoms with Crippen molar-refractivity contribution in [2.75, 3.05) is 5.32 Å². The number of nitrogens with zero attached hydrogens (tertiary/aromatic N) is 1. The minimum atomic E-state index is -6.56. The Morgan fingerprint density at radius 1 is 0.885 bits per heavy atom. The van der Waals surface area contributed by atoms with Gasteiger partial charge in [-0.3, -0.25) is 14.9 Å². The van der Waals surface area contributed by atoms with Gasteiger partial charge in [0.2, 0.25) is 0 Å². The molecule has 1 N–H and O–H groups in total. The normalized spacial score (nSPS) is 12.9. The molecule has 0 saturated carbocycles. The number of rotatable bonds is 3. The van der Waals surface area contributed by atoms with Gasteiger partial charge in [-0.2, -0.15) is 26.3 Å². The summed E-state index contributed by atoms with van der Waals surface area (Å²) in [7, 11) is 0. The summed E-state index contributed by atoms with van der Waals surface area (Å²) >= 11 is 0. The van der Waals surface area contributed by atoms with E-state index in [1.807, 2.05) is 0 Å². The van der Waals surface area contributed by atoms with Gasteiger partial charge in [0.15, 0.2) is 0 Å². The highest BCUT2D eigenvalue weighted by molar-refractivity contribution is 6.07. The van der Waals surface area contributed by atoms with Crippen LogP contribution in [-0.2, 0) is 4.79 Å². The second-order valence-electron chi connectivity index (χ2n) is 5.04. The van der Waals surface area contributed by atoms with Crippen LogP contribution in [0.15, 0.2) is 36.4 Å². The smallest absolute Gasteiger partial charge is 0.322 e. The highest BCUT2D eigenvalue weighted by Gasteiger charge is 2.77. The second kappa shape index (κ2) is 6.11. The lowest BCUT2D eigenvalue weighted by Crippen LogP contribution is -2.60. The number of fused-ring (bicyclic) bond motifs is 1. The van der Waals surface area contributed by atoms with E-state index < -0.39 is 40.2 Å². The van der Waals surface area contributed by atoms with Gasteiger partial charge in [-0.1, -0.05) is 18.2 Å². The van der Waals surface area contributed by atoms with Crippen molar-refractivity contribution in [2.24, 2.45) is 0 Å². The number of nitro groups is 1. The summed E-state index contributed by atoms with van der Waals surface area (Å²) in [5, 5.41) is 11.8. The predicted molar refractivity (Wildman–Crippen MR) is 75.2 cm³/mol. The molecule has 0 spiro atoms. The Morgan fingerprint density at radius 2 is 1.38 bits per heavy atom. The van der Waals surface area contributed by atoms with Gasteiger partial charge in [0.1, 0.15) is 0 Å². The van der Waals surface area contributed by atoms with Crippen LogP contribution in [0.3, 0.4) is 0 Å². The Hall–Kier alpha value is -2.92.